The van der Waals surface area contributed by atoms with Gasteiger partial charge in [-0.1, -0.05) is 23.3 Å². The van der Waals surface area contributed by atoms with E-state index in [0.29, 0.717) is 5.75 Å². The molecule has 29 heavy (non-hydrogen) atoms. The topological polar surface area (TPSA) is 150 Å². The van der Waals surface area contributed by atoms with Gasteiger partial charge in [-0.05, 0) is 22.6 Å². The third-order valence-corrected chi connectivity index (χ3v) is 4.56. The molecule has 3 heterocycles. The molecule has 0 aliphatic carbocycles. The van der Waals surface area contributed by atoms with E-state index in [1.165, 1.54) is 4.68 Å². The summed E-state index contributed by atoms with van der Waals surface area (Å²) in [5.41, 5.74) is 0. The first-order valence-corrected chi connectivity index (χ1v) is 8.93. The number of aromatic nitrogens is 4. The zero-order valence-corrected chi connectivity index (χ0v) is 15.2. The number of hydrogen-bond donors (Lipinski definition) is 1. The molecule has 2 aliphatic heterocycles. The molecule has 0 unspecified atom stereocenters. The Hall–Kier alpha value is -3.09. The van der Waals surface area contributed by atoms with E-state index in [2.05, 4.69) is 20.8 Å². The molecular formula is C17H18N5O7-. The predicted octanol–water partition coefficient (Wildman–Crippen LogP) is -1.94. The summed E-state index contributed by atoms with van der Waals surface area (Å²) in [6.45, 7) is -0.538. The minimum Gasteiger partial charge on any atom is -0.548 e. The van der Waals surface area contributed by atoms with E-state index in [9.17, 15) is 14.7 Å². The second kappa shape index (κ2) is 8.51. The molecule has 2 aromatic rings. The monoisotopic (exact) mass is 404 g/mol. The van der Waals surface area contributed by atoms with E-state index in [0.717, 1.165) is 0 Å². The summed E-state index contributed by atoms with van der Waals surface area (Å²) in [7, 11) is 0. The number of carboxylic acids is 1. The predicted molar refractivity (Wildman–Crippen MR) is 90.6 cm³/mol. The summed E-state index contributed by atoms with van der Waals surface area (Å²) in [5, 5.41) is 24.6. The Morgan fingerprint density at radius 1 is 1.17 bits per heavy atom. The van der Waals surface area contributed by atoms with Gasteiger partial charge in [-0.3, -0.25) is 4.79 Å². The number of carbonyl (C=O) groups is 2. The first-order valence-electron chi connectivity index (χ1n) is 8.93. The maximum Gasteiger partial charge on any atom is 0.341 e. The highest BCUT2D eigenvalue weighted by molar-refractivity contribution is 5.78. The van der Waals surface area contributed by atoms with Crippen LogP contribution < -0.4 is 15.2 Å². The number of rotatable bonds is 8. The van der Waals surface area contributed by atoms with Gasteiger partial charge in [-0.25, -0.2) is 0 Å². The third kappa shape index (κ3) is 4.34. The molecule has 2 fully saturated rings. The molecule has 0 spiro atoms. The van der Waals surface area contributed by atoms with Crippen LogP contribution in [-0.2, 0) is 23.8 Å². The maximum atomic E-state index is 11.9. The smallest absolute Gasteiger partial charge is 0.341 e. The molecule has 2 saturated heterocycles. The van der Waals surface area contributed by atoms with Gasteiger partial charge in [0, 0.05) is 0 Å². The number of carbonyl (C=O) groups excluding carboxylic acids is 2. The fourth-order valence-electron chi connectivity index (χ4n) is 3.34. The van der Waals surface area contributed by atoms with Gasteiger partial charge in [-0.2, -0.15) is 4.68 Å². The molecule has 12 heteroatoms. The average molecular weight is 404 g/mol. The molecule has 1 aromatic heterocycles. The van der Waals surface area contributed by atoms with E-state index >= 15 is 0 Å². The number of amides is 1. The van der Waals surface area contributed by atoms with Crippen LogP contribution in [0.15, 0.2) is 30.3 Å². The highest BCUT2D eigenvalue weighted by atomic mass is 16.6. The van der Waals surface area contributed by atoms with Gasteiger partial charge < -0.3 is 34.2 Å². The Balaban J connectivity index is 1.37. The maximum absolute atomic E-state index is 11.9. The lowest BCUT2D eigenvalue weighted by Gasteiger charge is -2.18. The van der Waals surface area contributed by atoms with Crippen LogP contribution in [0.4, 0.5) is 0 Å². The van der Waals surface area contributed by atoms with Crippen molar-refractivity contribution in [2.75, 3.05) is 26.4 Å². The van der Waals surface area contributed by atoms with Crippen molar-refractivity contribution in [3.63, 3.8) is 0 Å². The minimum absolute atomic E-state index is 0.206. The summed E-state index contributed by atoms with van der Waals surface area (Å²) in [6, 6.07) is 8.58. The molecule has 154 valence electrons. The largest absolute Gasteiger partial charge is 0.548 e. The lowest BCUT2D eigenvalue weighted by Crippen LogP contribution is -2.45. The lowest BCUT2D eigenvalue weighted by molar-refractivity contribution is -0.309. The van der Waals surface area contributed by atoms with Crippen molar-refractivity contribution in [2.45, 2.75) is 24.3 Å². The fraction of sp³-hybridized carbons (Fsp3) is 0.471. The molecule has 4 rings (SSSR count). The summed E-state index contributed by atoms with van der Waals surface area (Å²) in [4.78, 5) is 22.2. The lowest BCUT2D eigenvalue weighted by atomic mass is 10.1. The van der Waals surface area contributed by atoms with E-state index in [1.807, 2.05) is 18.2 Å². The van der Waals surface area contributed by atoms with E-state index < -0.39 is 37.2 Å². The van der Waals surface area contributed by atoms with Gasteiger partial charge in [0.2, 0.25) is 5.91 Å². The molecule has 2 aliphatic rings. The molecule has 0 radical (unpaired) electrons. The van der Waals surface area contributed by atoms with Gasteiger partial charge >= 0.3 is 6.01 Å². The molecule has 4 atom stereocenters. The van der Waals surface area contributed by atoms with Crippen LogP contribution in [0.25, 0.3) is 0 Å². The number of tetrazole rings is 1. The summed E-state index contributed by atoms with van der Waals surface area (Å²) in [6.07, 6.45) is -0.787. The number of benzene rings is 1. The highest BCUT2D eigenvalue weighted by Gasteiger charge is 2.50. The number of ether oxygens (including phenoxy) is 4. The molecule has 0 saturated carbocycles. The fourth-order valence-corrected chi connectivity index (χ4v) is 3.34. The number of para-hydroxylation sites is 1. The van der Waals surface area contributed by atoms with E-state index in [1.54, 1.807) is 12.1 Å². The Morgan fingerprint density at radius 2 is 1.97 bits per heavy atom. The zero-order valence-electron chi connectivity index (χ0n) is 15.2. The van der Waals surface area contributed by atoms with Crippen molar-refractivity contribution >= 4 is 11.9 Å². The van der Waals surface area contributed by atoms with Crippen LogP contribution >= 0.6 is 0 Å². The number of nitrogens with zero attached hydrogens (tertiary/aromatic N) is 4. The van der Waals surface area contributed by atoms with Gasteiger partial charge in [0.25, 0.3) is 0 Å². The van der Waals surface area contributed by atoms with Crippen LogP contribution in [0.1, 0.15) is 6.04 Å². The van der Waals surface area contributed by atoms with E-state index in [-0.39, 0.29) is 31.4 Å². The van der Waals surface area contributed by atoms with Gasteiger partial charge in [0.05, 0.1) is 31.8 Å². The first-order chi connectivity index (χ1) is 14.1. The van der Waals surface area contributed by atoms with Crippen LogP contribution in [0.5, 0.6) is 11.8 Å². The number of hydrogen-bond acceptors (Lipinski definition) is 10. The normalized spacial score (nSPS) is 25.5. The standard InChI is InChI=1S/C17H19N5O7/c23-13(8-26-9-14(24)25)18-11-6-27-16-12(7-28-15(11)16)22-17(19-20-21-22)29-10-4-2-1-3-5-10/h1-5,11-12,15-16H,6-9H2,(H,18,23)(H,24,25)/p-1/t11-,12-,15+,16+/m0/s1. The summed E-state index contributed by atoms with van der Waals surface area (Å²) >= 11 is 0. The first kappa shape index (κ1) is 19.2. The minimum atomic E-state index is -1.39. The summed E-state index contributed by atoms with van der Waals surface area (Å²) < 4.78 is 23.6. The van der Waals surface area contributed by atoms with Crippen molar-refractivity contribution in [3.8, 4) is 11.8 Å². The number of carboxylic acid groups (broad SMARTS) is 1. The quantitative estimate of drug-likeness (QED) is 0.526. The Kier molecular flexibility index (Phi) is 5.64. The van der Waals surface area contributed by atoms with Crippen molar-refractivity contribution in [3.05, 3.63) is 30.3 Å². The van der Waals surface area contributed by atoms with Crippen molar-refractivity contribution in [1.82, 2.24) is 25.5 Å². The molecule has 1 N–H and O–H groups in total. The van der Waals surface area contributed by atoms with E-state index in [4.69, 9.17) is 18.9 Å². The average Bonchev–Trinajstić information content (AvgIpc) is 3.40. The summed E-state index contributed by atoms with van der Waals surface area (Å²) in [5.74, 6) is -1.27. The Bertz CT molecular complexity index is 861. The Labute approximate surface area is 164 Å². The second-order valence-corrected chi connectivity index (χ2v) is 6.52. The number of aliphatic carboxylic acids is 1. The molecule has 12 nitrogen and oxygen atoms in total. The van der Waals surface area contributed by atoms with Crippen LogP contribution in [-0.4, -0.2) is 76.8 Å². The van der Waals surface area contributed by atoms with Gasteiger partial charge in [0.15, 0.2) is 0 Å². The number of fused-ring (bicyclic) bond motifs is 1. The third-order valence-electron chi connectivity index (χ3n) is 4.56. The zero-order chi connectivity index (χ0) is 20.2. The molecule has 0 bridgehead atoms. The van der Waals surface area contributed by atoms with Crippen LogP contribution in [0.2, 0.25) is 0 Å². The van der Waals surface area contributed by atoms with Crippen LogP contribution in [0, 0.1) is 0 Å². The highest BCUT2D eigenvalue weighted by Crippen LogP contribution is 2.35. The molecular weight excluding hydrogens is 386 g/mol. The van der Waals surface area contributed by atoms with Crippen molar-refractivity contribution in [1.29, 1.82) is 0 Å². The van der Waals surface area contributed by atoms with Gasteiger partial charge in [0.1, 0.15) is 30.6 Å². The second-order valence-electron chi connectivity index (χ2n) is 6.52. The van der Waals surface area contributed by atoms with Crippen molar-refractivity contribution < 1.29 is 33.6 Å². The van der Waals surface area contributed by atoms with Gasteiger partial charge in [-0.15, -0.1) is 0 Å². The molecule has 1 amide bonds. The number of nitrogens with one attached hydrogen (secondary N) is 1. The van der Waals surface area contributed by atoms with Crippen LogP contribution in [0.3, 0.4) is 0 Å². The van der Waals surface area contributed by atoms with Crippen molar-refractivity contribution in [2.24, 2.45) is 0 Å². The SMILES string of the molecule is O=C([O-])COCC(=O)N[C@H]1CO[C@H]2[C@@H]1OC[C@@H]2n1nnnc1Oc1ccccc1. The molecule has 1 aromatic carbocycles. The Morgan fingerprint density at radius 3 is 2.76 bits per heavy atom.